The van der Waals surface area contributed by atoms with Gasteiger partial charge in [0.1, 0.15) is 11.5 Å². The highest BCUT2D eigenvalue weighted by Crippen LogP contribution is 2.52. The zero-order chi connectivity index (χ0) is 20.4. The molecule has 2 aromatic rings. The van der Waals surface area contributed by atoms with Gasteiger partial charge >= 0.3 is 0 Å². The Morgan fingerprint density at radius 1 is 0.741 bits per heavy atom. The lowest BCUT2D eigenvalue weighted by Crippen LogP contribution is -2.25. The van der Waals surface area contributed by atoms with E-state index in [0.717, 1.165) is 24.3 Å². The molecule has 27 heavy (non-hydrogen) atoms. The maximum absolute atomic E-state index is 6.12. The Kier molecular flexibility index (Phi) is 6.29. The molecule has 0 amide bonds. The molecule has 2 rings (SSSR count). The quantitative estimate of drug-likeness (QED) is 0.570. The van der Waals surface area contributed by atoms with Crippen molar-refractivity contribution in [1.29, 1.82) is 0 Å². The minimum Gasteiger partial charge on any atom is -0.496 e. The highest BCUT2D eigenvalue weighted by Gasteiger charge is 2.36. The van der Waals surface area contributed by atoms with Crippen molar-refractivity contribution in [3.63, 3.8) is 0 Å². The Morgan fingerprint density at radius 3 is 1.63 bits per heavy atom. The zero-order valence-corrected chi connectivity index (χ0v) is 18.6. The van der Waals surface area contributed by atoms with Gasteiger partial charge in [0.25, 0.3) is 0 Å². The van der Waals surface area contributed by atoms with E-state index in [1.807, 2.05) is 0 Å². The van der Waals surface area contributed by atoms with Gasteiger partial charge in [-0.25, -0.2) is 0 Å². The molecule has 0 radical (unpaired) electrons. The van der Waals surface area contributed by atoms with Crippen LogP contribution in [0.1, 0.15) is 71.6 Å². The number of hydrogen-bond acceptors (Lipinski definition) is 2. The molecule has 0 saturated heterocycles. The van der Waals surface area contributed by atoms with Crippen LogP contribution in [0.2, 0.25) is 0 Å². The molecule has 0 bridgehead atoms. The number of ether oxygens (including phenoxy) is 2. The third-order valence-electron chi connectivity index (χ3n) is 4.98. The first-order valence-corrected chi connectivity index (χ1v) is 9.95. The van der Waals surface area contributed by atoms with Crippen molar-refractivity contribution in [1.82, 2.24) is 0 Å². The third kappa shape index (κ3) is 4.15. The smallest absolute Gasteiger partial charge is 0.131 e. The Balaban J connectivity index is 3.13. The number of hydrogen-bond donors (Lipinski definition) is 0. The first kappa shape index (κ1) is 21.3. The maximum atomic E-state index is 6.12. The summed E-state index contributed by atoms with van der Waals surface area (Å²) in [5, 5.41) is 0. The summed E-state index contributed by atoms with van der Waals surface area (Å²) in [5.74, 6) is 2.01. The van der Waals surface area contributed by atoms with Gasteiger partial charge in [0.15, 0.2) is 0 Å². The average molecular weight is 369 g/mol. The number of benzene rings is 2. The first-order valence-electron chi connectivity index (χ1n) is 9.95. The van der Waals surface area contributed by atoms with Crippen molar-refractivity contribution in [2.45, 2.75) is 72.1 Å². The lowest BCUT2D eigenvalue weighted by molar-refractivity contribution is 0.368. The second kappa shape index (κ2) is 7.96. The summed E-state index contributed by atoms with van der Waals surface area (Å²) in [4.78, 5) is 0. The van der Waals surface area contributed by atoms with Crippen LogP contribution in [0, 0.1) is 0 Å². The van der Waals surface area contributed by atoms with Gasteiger partial charge < -0.3 is 9.47 Å². The van der Waals surface area contributed by atoms with Gasteiger partial charge in [0.05, 0.1) is 14.2 Å². The topological polar surface area (TPSA) is 18.5 Å². The molecule has 2 heteroatoms. The van der Waals surface area contributed by atoms with Crippen molar-refractivity contribution < 1.29 is 9.47 Å². The molecule has 148 valence electrons. The van der Waals surface area contributed by atoms with Gasteiger partial charge in [-0.05, 0) is 22.8 Å². The first-order chi connectivity index (χ1) is 12.6. The molecule has 2 nitrogen and oxygen atoms in total. The normalized spacial score (nSPS) is 12.2. The van der Waals surface area contributed by atoms with Crippen LogP contribution in [-0.2, 0) is 17.3 Å². The molecule has 0 atom stereocenters. The second-order valence-electron chi connectivity index (χ2n) is 9.29. The molecule has 0 aromatic heterocycles. The highest BCUT2D eigenvalue weighted by molar-refractivity contribution is 5.81. The molecular formula is C25H36O2. The van der Waals surface area contributed by atoms with Gasteiger partial charge in [-0.3, -0.25) is 0 Å². The third-order valence-corrected chi connectivity index (χ3v) is 4.98. The van der Waals surface area contributed by atoms with Crippen molar-refractivity contribution >= 4 is 0 Å². The largest absolute Gasteiger partial charge is 0.496 e. The van der Waals surface area contributed by atoms with Crippen LogP contribution in [0.25, 0.3) is 11.1 Å². The van der Waals surface area contributed by atoms with Crippen LogP contribution in [0.4, 0.5) is 0 Å². The van der Waals surface area contributed by atoms with Gasteiger partial charge in [0.2, 0.25) is 0 Å². The zero-order valence-electron chi connectivity index (χ0n) is 18.6. The fourth-order valence-corrected chi connectivity index (χ4v) is 4.01. The molecular weight excluding hydrogens is 332 g/mol. The summed E-state index contributed by atoms with van der Waals surface area (Å²) in [5.41, 5.74) is 5.98. The van der Waals surface area contributed by atoms with Gasteiger partial charge in [-0.1, -0.05) is 85.2 Å². The van der Waals surface area contributed by atoms with Crippen molar-refractivity contribution in [2.24, 2.45) is 0 Å². The molecule has 0 heterocycles. The predicted octanol–water partition coefficient (Wildman–Crippen LogP) is 6.92. The standard InChI is InChI=1S/C25H36O2/c1-10-14-18-19(17-15-12-11-13-16-17)23(27-9)21(25(5,6)7)20(22(18)26-8)24(2,3)4/h11-13,15-16H,10,14H2,1-9H3. The molecule has 0 saturated carbocycles. The van der Waals surface area contributed by atoms with Crippen molar-refractivity contribution in [3.8, 4) is 22.6 Å². The second-order valence-corrected chi connectivity index (χ2v) is 9.29. The van der Waals surface area contributed by atoms with Crippen LogP contribution in [0.15, 0.2) is 30.3 Å². The van der Waals surface area contributed by atoms with Crippen LogP contribution >= 0.6 is 0 Å². The summed E-state index contributed by atoms with van der Waals surface area (Å²) < 4.78 is 12.2. The van der Waals surface area contributed by atoms with E-state index >= 15 is 0 Å². The molecule has 0 fully saturated rings. The van der Waals surface area contributed by atoms with Gasteiger partial charge in [-0.15, -0.1) is 0 Å². The van der Waals surface area contributed by atoms with Crippen molar-refractivity contribution in [3.05, 3.63) is 47.0 Å². The fourth-order valence-electron chi connectivity index (χ4n) is 4.01. The molecule has 0 aliphatic rings. The Hall–Kier alpha value is -1.96. The molecule has 0 aliphatic carbocycles. The lowest BCUT2D eigenvalue weighted by Gasteiger charge is -2.36. The molecule has 0 aliphatic heterocycles. The van der Waals surface area contributed by atoms with Crippen LogP contribution in [0.3, 0.4) is 0 Å². The van der Waals surface area contributed by atoms with Crippen molar-refractivity contribution in [2.75, 3.05) is 14.2 Å². The molecule has 0 spiro atoms. The fraction of sp³-hybridized carbons (Fsp3) is 0.520. The van der Waals surface area contributed by atoms with E-state index < -0.39 is 0 Å². The van der Waals surface area contributed by atoms with E-state index in [9.17, 15) is 0 Å². The van der Waals surface area contributed by atoms with E-state index in [1.54, 1.807) is 14.2 Å². The minimum atomic E-state index is -0.0739. The van der Waals surface area contributed by atoms with Crippen LogP contribution in [0.5, 0.6) is 11.5 Å². The van der Waals surface area contributed by atoms with E-state index in [1.165, 1.54) is 27.8 Å². The Bertz CT molecular complexity index is 775. The van der Waals surface area contributed by atoms with E-state index in [2.05, 4.69) is 78.8 Å². The lowest BCUT2D eigenvalue weighted by atomic mass is 9.71. The van der Waals surface area contributed by atoms with E-state index in [4.69, 9.17) is 9.47 Å². The predicted molar refractivity (Wildman–Crippen MR) is 116 cm³/mol. The highest BCUT2D eigenvalue weighted by atomic mass is 16.5. The monoisotopic (exact) mass is 368 g/mol. The summed E-state index contributed by atoms with van der Waals surface area (Å²) in [6, 6.07) is 10.6. The minimum absolute atomic E-state index is 0.0566. The molecule has 0 unspecified atom stereocenters. The molecule has 2 aromatic carbocycles. The Morgan fingerprint density at radius 2 is 1.22 bits per heavy atom. The average Bonchev–Trinajstić information content (AvgIpc) is 2.59. The van der Waals surface area contributed by atoms with Gasteiger partial charge in [0, 0.05) is 22.3 Å². The molecule has 0 N–H and O–H groups in total. The Labute approximate surface area is 165 Å². The van der Waals surface area contributed by atoms with E-state index in [-0.39, 0.29) is 10.8 Å². The maximum Gasteiger partial charge on any atom is 0.131 e. The summed E-state index contributed by atoms with van der Waals surface area (Å²) in [6.07, 6.45) is 2.01. The van der Waals surface area contributed by atoms with E-state index in [0.29, 0.717) is 0 Å². The van der Waals surface area contributed by atoms with Crippen LogP contribution < -0.4 is 9.47 Å². The van der Waals surface area contributed by atoms with Gasteiger partial charge in [-0.2, -0.15) is 0 Å². The summed E-state index contributed by atoms with van der Waals surface area (Å²) in [6.45, 7) is 15.8. The SMILES string of the molecule is CCCc1c(OC)c(C(C)(C)C)c(C(C)(C)C)c(OC)c1-c1ccccc1. The van der Waals surface area contributed by atoms with Crippen LogP contribution in [-0.4, -0.2) is 14.2 Å². The summed E-state index contributed by atoms with van der Waals surface area (Å²) in [7, 11) is 3.60. The number of methoxy groups -OCH3 is 2. The number of rotatable bonds is 5. The summed E-state index contributed by atoms with van der Waals surface area (Å²) >= 11 is 0.